The minimum atomic E-state index is -0.349. The van der Waals surface area contributed by atoms with Gasteiger partial charge in [-0.1, -0.05) is 15.9 Å². The number of hydrogen-bond donors (Lipinski definition) is 0. The highest BCUT2D eigenvalue weighted by Gasteiger charge is 2.00. The van der Waals surface area contributed by atoms with E-state index >= 15 is 0 Å². The molecule has 0 atom stereocenters. The van der Waals surface area contributed by atoms with Crippen LogP contribution in [-0.4, -0.2) is 4.98 Å². The molecule has 1 aromatic heterocycles. The first-order valence-electron chi connectivity index (χ1n) is 5.13. The molecular formula is C13H11BrFNO. The van der Waals surface area contributed by atoms with Crippen LogP contribution in [0.15, 0.2) is 41.1 Å². The zero-order valence-electron chi connectivity index (χ0n) is 9.28. The molecule has 1 heterocycles. The van der Waals surface area contributed by atoms with Crippen LogP contribution in [0.25, 0.3) is 0 Å². The van der Waals surface area contributed by atoms with Crippen LogP contribution < -0.4 is 4.74 Å². The molecule has 2 nitrogen and oxygen atoms in total. The molecule has 0 saturated heterocycles. The highest BCUT2D eigenvalue weighted by atomic mass is 79.9. The van der Waals surface area contributed by atoms with Gasteiger partial charge in [0.05, 0.1) is 6.20 Å². The molecule has 1 aromatic carbocycles. The van der Waals surface area contributed by atoms with Crippen molar-refractivity contribution < 1.29 is 9.13 Å². The van der Waals surface area contributed by atoms with Crippen LogP contribution >= 0.6 is 15.9 Å². The third-order valence-electron chi connectivity index (χ3n) is 2.30. The molecule has 17 heavy (non-hydrogen) atoms. The first-order valence-corrected chi connectivity index (χ1v) is 5.93. The molecule has 2 rings (SSSR count). The molecule has 0 saturated carbocycles. The summed E-state index contributed by atoms with van der Waals surface area (Å²) in [6, 6.07) is 7.13. The predicted octanol–water partition coefficient (Wildman–Crippen LogP) is 3.87. The highest BCUT2D eigenvalue weighted by molar-refractivity contribution is 9.10. The summed E-state index contributed by atoms with van der Waals surface area (Å²) in [6.07, 6.45) is 2.77. The number of hydrogen-bond acceptors (Lipinski definition) is 2. The second-order valence-corrected chi connectivity index (χ2v) is 4.57. The first-order chi connectivity index (χ1) is 8.15. The SMILES string of the molecule is Cc1cc(OCc2cncc(F)c2)ccc1Br. The van der Waals surface area contributed by atoms with E-state index in [1.165, 1.54) is 12.3 Å². The van der Waals surface area contributed by atoms with Crippen LogP contribution in [0.4, 0.5) is 4.39 Å². The summed E-state index contributed by atoms with van der Waals surface area (Å²) in [5.74, 6) is 0.410. The Morgan fingerprint density at radius 3 is 2.82 bits per heavy atom. The summed E-state index contributed by atoms with van der Waals surface area (Å²) in [5.41, 5.74) is 1.81. The molecule has 0 fully saturated rings. The van der Waals surface area contributed by atoms with E-state index in [9.17, 15) is 4.39 Å². The van der Waals surface area contributed by atoms with Crippen molar-refractivity contribution in [3.63, 3.8) is 0 Å². The van der Waals surface area contributed by atoms with Gasteiger partial charge in [-0.05, 0) is 36.8 Å². The molecule has 0 radical (unpaired) electrons. The quantitative estimate of drug-likeness (QED) is 0.857. The molecule has 0 N–H and O–H groups in total. The smallest absolute Gasteiger partial charge is 0.141 e. The number of aromatic nitrogens is 1. The number of halogens is 2. The van der Waals surface area contributed by atoms with Crippen LogP contribution in [0.2, 0.25) is 0 Å². The lowest BCUT2D eigenvalue weighted by molar-refractivity contribution is 0.305. The fourth-order valence-corrected chi connectivity index (χ4v) is 1.66. The minimum Gasteiger partial charge on any atom is -0.489 e. The minimum absolute atomic E-state index is 0.311. The summed E-state index contributed by atoms with van der Waals surface area (Å²) < 4.78 is 19.5. The normalized spacial score (nSPS) is 10.3. The van der Waals surface area contributed by atoms with Crippen molar-refractivity contribution in [3.8, 4) is 5.75 Å². The number of ether oxygens (including phenoxy) is 1. The molecule has 0 amide bonds. The van der Waals surface area contributed by atoms with Crippen molar-refractivity contribution in [1.29, 1.82) is 0 Å². The van der Waals surface area contributed by atoms with E-state index < -0.39 is 0 Å². The molecule has 0 spiro atoms. The van der Waals surface area contributed by atoms with Gasteiger partial charge in [-0.2, -0.15) is 0 Å². The van der Waals surface area contributed by atoms with Crippen LogP contribution in [0.1, 0.15) is 11.1 Å². The Kier molecular flexibility index (Phi) is 3.74. The second-order valence-electron chi connectivity index (χ2n) is 3.71. The van der Waals surface area contributed by atoms with E-state index in [4.69, 9.17) is 4.74 Å². The van der Waals surface area contributed by atoms with Gasteiger partial charge in [0.2, 0.25) is 0 Å². The fourth-order valence-electron chi connectivity index (χ4n) is 1.41. The third kappa shape index (κ3) is 3.27. The molecule has 0 aliphatic heterocycles. The van der Waals surface area contributed by atoms with Crippen LogP contribution in [0, 0.1) is 12.7 Å². The number of pyridine rings is 1. The standard InChI is InChI=1S/C13H11BrFNO/c1-9-4-12(2-3-13(9)14)17-8-10-5-11(15)7-16-6-10/h2-7H,8H2,1H3. The molecule has 0 bridgehead atoms. The number of aryl methyl sites for hydroxylation is 1. The molecule has 88 valence electrons. The Hall–Kier alpha value is -1.42. The number of nitrogens with zero attached hydrogens (tertiary/aromatic N) is 1. The first kappa shape index (κ1) is 12.0. The van der Waals surface area contributed by atoms with Crippen molar-refractivity contribution in [2.45, 2.75) is 13.5 Å². The van der Waals surface area contributed by atoms with Gasteiger partial charge in [0.25, 0.3) is 0 Å². The van der Waals surface area contributed by atoms with Crippen molar-refractivity contribution in [2.24, 2.45) is 0 Å². The van der Waals surface area contributed by atoms with Crippen molar-refractivity contribution in [3.05, 3.63) is 58.1 Å². The predicted molar refractivity (Wildman–Crippen MR) is 67.4 cm³/mol. The van der Waals surface area contributed by atoms with Gasteiger partial charge in [-0.3, -0.25) is 4.98 Å². The lowest BCUT2D eigenvalue weighted by Gasteiger charge is -2.07. The summed E-state index contributed by atoms with van der Waals surface area (Å²) in [4.78, 5) is 3.77. The van der Waals surface area contributed by atoms with E-state index in [1.54, 1.807) is 6.20 Å². The Morgan fingerprint density at radius 2 is 2.12 bits per heavy atom. The largest absolute Gasteiger partial charge is 0.489 e. The summed E-state index contributed by atoms with van der Waals surface area (Å²) >= 11 is 3.42. The second kappa shape index (κ2) is 5.27. The van der Waals surface area contributed by atoms with Gasteiger partial charge in [0.15, 0.2) is 0 Å². The van der Waals surface area contributed by atoms with E-state index in [1.807, 2.05) is 25.1 Å². The average Bonchev–Trinajstić information content (AvgIpc) is 2.31. The Balaban J connectivity index is 2.05. The van der Waals surface area contributed by atoms with Gasteiger partial charge in [0.1, 0.15) is 18.2 Å². The van der Waals surface area contributed by atoms with Gasteiger partial charge in [-0.15, -0.1) is 0 Å². The maximum absolute atomic E-state index is 12.9. The average molecular weight is 296 g/mol. The van der Waals surface area contributed by atoms with Gasteiger partial charge in [-0.25, -0.2) is 4.39 Å². The zero-order valence-corrected chi connectivity index (χ0v) is 10.9. The van der Waals surface area contributed by atoms with E-state index in [0.717, 1.165) is 15.8 Å². The van der Waals surface area contributed by atoms with Crippen molar-refractivity contribution in [1.82, 2.24) is 4.98 Å². The van der Waals surface area contributed by atoms with E-state index in [0.29, 0.717) is 12.2 Å². The monoisotopic (exact) mass is 295 g/mol. The van der Waals surface area contributed by atoms with Gasteiger partial charge >= 0.3 is 0 Å². The van der Waals surface area contributed by atoms with Crippen LogP contribution in [0.5, 0.6) is 5.75 Å². The Bertz CT molecular complexity index is 531. The third-order valence-corrected chi connectivity index (χ3v) is 3.19. The molecule has 2 aromatic rings. The van der Waals surface area contributed by atoms with Gasteiger partial charge in [0, 0.05) is 16.2 Å². The van der Waals surface area contributed by atoms with E-state index in [2.05, 4.69) is 20.9 Å². The highest BCUT2D eigenvalue weighted by Crippen LogP contribution is 2.22. The van der Waals surface area contributed by atoms with Crippen molar-refractivity contribution >= 4 is 15.9 Å². The number of benzene rings is 1. The maximum atomic E-state index is 12.9. The summed E-state index contributed by atoms with van der Waals surface area (Å²) in [7, 11) is 0. The molecule has 0 aliphatic carbocycles. The molecule has 4 heteroatoms. The summed E-state index contributed by atoms with van der Waals surface area (Å²) in [6.45, 7) is 2.30. The van der Waals surface area contributed by atoms with Gasteiger partial charge < -0.3 is 4.74 Å². The molecule has 0 unspecified atom stereocenters. The van der Waals surface area contributed by atoms with Crippen LogP contribution in [-0.2, 0) is 6.61 Å². The van der Waals surface area contributed by atoms with Crippen LogP contribution in [0.3, 0.4) is 0 Å². The maximum Gasteiger partial charge on any atom is 0.141 e. The Labute approximate surface area is 108 Å². The summed E-state index contributed by atoms with van der Waals surface area (Å²) in [5, 5.41) is 0. The molecular weight excluding hydrogens is 285 g/mol. The molecule has 0 aliphatic rings. The van der Waals surface area contributed by atoms with E-state index in [-0.39, 0.29) is 5.82 Å². The Morgan fingerprint density at radius 1 is 1.29 bits per heavy atom. The fraction of sp³-hybridized carbons (Fsp3) is 0.154. The zero-order chi connectivity index (χ0) is 12.3. The topological polar surface area (TPSA) is 22.1 Å². The lowest BCUT2D eigenvalue weighted by Crippen LogP contribution is -1.97. The lowest BCUT2D eigenvalue weighted by atomic mass is 10.2. The van der Waals surface area contributed by atoms with Crippen molar-refractivity contribution in [2.75, 3.05) is 0 Å². The number of rotatable bonds is 3.